The van der Waals surface area contributed by atoms with Crippen molar-refractivity contribution in [1.82, 2.24) is 0 Å². The van der Waals surface area contributed by atoms with Crippen LogP contribution in [-0.4, -0.2) is 25.8 Å². The first kappa shape index (κ1) is 14.3. The Kier molecular flexibility index (Phi) is 3.33. The van der Waals surface area contributed by atoms with E-state index in [1.165, 1.54) is 0 Å². The molecular formula is C15H28O3. The third kappa shape index (κ3) is 1.75. The second kappa shape index (κ2) is 4.19. The van der Waals surface area contributed by atoms with Crippen molar-refractivity contribution in [2.75, 3.05) is 19.8 Å². The summed E-state index contributed by atoms with van der Waals surface area (Å²) >= 11 is 0. The zero-order chi connectivity index (χ0) is 13.7. The zero-order valence-corrected chi connectivity index (χ0v) is 12.8. The van der Waals surface area contributed by atoms with E-state index in [0.29, 0.717) is 0 Å². The van der Waals surface area contributed by atoms with Crippen LogP contribution >= 0.6 is 0 Å². The molecule has 0 N–H and O–H groups in total. The summed E-state index contributed by atoms with van der Waals surface area (Å²) in [6.45, 7) is 15.5. The zero-order valence-electron chi connectivity index (χ0n) is 12.8. The monoisotopic (exact) mass is 256 g/mol. The van der Waals surface area contributed by atoms with Crippen molar-refractivity contribution in [1.29, 1.82) is 0 Å². The van der Waals surface area contributed by atoms with Gasteiger partial charge >= 0.3 is 0 Å². The predicted molar refractivity (Wildman–Crippen MR) is 71.2 cm³/mol. The summed E-state index contributed by atoms with van der Waals surface area (Å²) in [7, 11) is 0. The molecule has 0 atom stereocenters. The molecule has 3 saturated heterocycles. The fraction of sp³-hybridized carbons (Fsp3) is 1.00. The maximum atomic E-state index is 6.07. The third-order valence-corrected chi connectivity index (χ3v) is 5.65. The molecule has 3 nitrogen and oxygen atoms in total. The summed E-state index contributed by atoms with van der Waals surface area (Å²) in [6, 6.07) is 0. The highest BCUT2D eigenvalue weighted by Gasteiger charge is 2.62. The van der Waals surface area contributed by atoms with Crippen LogP contribution < -0.4 is 0 Å². The lowest BCUT2D eigenvalue weighted by molar-refractivity contribution is -0.510. The molecule has 3 rings (SSSR count). The molecule has 0 radical (unpaired) electrons. The topological polar surface area (TPSA) is 27.7 Å². The molecular weight excluding hydrogens is 228 g/mol. The van der Waals surface area contributed by atoms with E-state index in [2.05, 4.69) is 41.5 Å². The Hall–Kier alpha value is -0.120. The van der Waals surface area contributed by atoms with E-state index in [1.807, 2.05) is 0 Å². The molecule has 0 aliphatic carbocycles. The lowest BCUT2D eigenvalue weighted by Gasteiger charge is -2.61. The van der Waals surface area contributed by atoms with Gasteiger partial charge in [0.15, 0.2) is 0 Å². The Balaban J connectivity index is 2.21. The Bertz CT molecular complexity index is 263. The molecule has 106 valence electrons. The van der Waals surface area contributed by atoms with Crippen LogP contribution in [0.15, 0.2) is 0 Å². The molecule has 0 spiro atoms. The maximum Gasteiger partial charge on any atom is 0.288 e. The minimum Gasteiger partial charge on any atom is -0.326 e. The second-order valence-electron chi connectivity index (χ2n) is 7.18. The molecule has 3 heterocycles. The lowest BCUT2D eigenvalue weighted by atomic mass is 9.64. The Labute approximate surface area is 111 Å². The molecule has 0 aromatic carbocycles. The van der Waals surface area contributed by atoms with E-state index in [4.69, 9.17) is 14.2 Å². The lowest BCUT2D eigenvalue weighted by Crippen LogP contribution is -2.68. The highest BCUT2D eigenvalue weighted by Crippen LogP contribution is 2.55. The first-order valence-electron chi connectivity index (χ1n) is 7.16. The Morgan fingerprint density at radius 1 is 0.778 bits per heavy atom. The van der Waals surface area contributed by atoms with Gasteiger partial charge in [-0.05, 0) is 11.8 Å². The summed E-state index contributed by atoms with van der Waals surface area (Å²) in [5.74, 6) is -0.826. The van der Waals surface area contributed by atoms with Crippen molar-refractivity contribution in [2.24, 2.45) is 16.2 Å². The van der Waals surface area contributed by atoms with Crippen molar-refractivity contribution >= 4 is 0 Å². The maximum absolute atomic E-state index is 6.07. The average molecular weight is 256 g/mol. The molecule has 0 aromatic rings. The average Bonchev–Trinajstić information content (AvgIpc) is 2.40. The predicted octanol–water partition coefficient (Wildman–Crippen LogP) is 3.58. The van der Waals surface area contributed by atoms with Crippen LogP contribution in [0.3, 0.4) is 0 Å². The van der Waals surface area contributed by atoms with Gasteiger partial charge in [-0.1, -0.05) is 48.0 Å². The number of fused-ring (bicyclic) bond motifs is 3. The molecule has 0 unspecified atom stereocenters. The SMILES string of the molecule is CCC(C)(C)C12COC(C(C)(C)CC)(OC1)OC2. The Morgan fingerprint density at radius 2 is 1.17 bits per heavy atom. The van der Waals surface area contributed by atoms with Crippen LogP contribution in [0.1, 0.15) is 54.4 Å². The molecule has 3 aliphatic heterocycles. The fourth-order valence-electron chi connectivity index (χ4n) is 2.71. The quantitative estimate of drug-likeness (QED) is 0.769. The number of rotatable bonds is 4. The molecule has 0 amide bonds. The van der Waals surface area contributed by atoms with Crippen LogP contribution in [0.2, 0.25) is 0 Å². The summed E-state index contributed by atoms with van der Waals surface area (Å²) in [4.78, 5) is 0. The van der Waals surface area contributed by atoms with Crippen molar-refractivity contribution in [3.05, 3.63) is 0 Å². The second-order valence-corrected chi connectivity index (χ2v) is 7.18. The van der Waals surface area contributed by atoms with Crippen LogP contribution in [-0.2, 0) is 14.2 Å². The molecule has 0 saturated carbocycles. The molecule has 3 fully saturated rings. The summed E-state index contributed by atoms with van der Waals surface area (Å²) in [5, 5.41) is 0. The fourth-order valence-corrected chi connectivity index (χ4v) is 2.71. The van der Waals surface area contributed by atoms with Crippen molar-refractivity contribution in [2.45, 2.75) is 60.4 Å². The van der Waals surface area contributed by atoms with Gasteiger partial charge in [0.1, 0.15) is 0 Å². The van der Waals surface area contributed by atoms with Gasteiger partial charge in [-0.2, -0.15) is 0 Å². The van der Waals surface area contributed by atoms with E-state index >= 15 is 0 Å². The summed E-state index contributed by atoms with van der Waals surface area (Å²) < 4.78 is 18.2. The summed E-state index contributed by atoms with van der Waals surface area (Å²) in [6.07, 6.45) is 2.07. The highest BCUT2D eigenvalue weighted by molar-refractivity contribution is 5.00. The van der Waals surface area contributed by atoms with E-state index in [0.717, 1.165) is 32.7 Å². The van der Waals surface area contributed by atoms with Gasteiger partial charge in [-0.3, -0.25) is 0 Å². The smallest absolute Gasteiger partial charge is 0.288 e. The molecule has 18 heavy (non-hydrogen) atoms. The largest absolute Gasteiger partial charge is 0.326 e. The molecule has 3 heteroatoms. The standard InChI is InChI=1S/C15H28O3/c1-7-12(3,4)14-9-16-15(17-10-14,18-11-14)13(5,6)8-2/h7-11H2,1-6H3. The number of hydrogen-bond donors (Lipinski definition) is 0. The van der Waals surface area contributed by atoms with E-state index in [1.54, 1.807) is 0 Å². The molecule has 3 aliphatic rings. The van der Waals surface area contributed by atoms with Crippen molar-refractivity contribution < 1.29 is 14.2 Å². The van der Waals surface area contributed by atoms with Crippen LogP contribution in [0, 0.1) is 16.2 Å². The summed E-state index contributed by atoms with van der Waals surface area (Å²) in [5.41, 5.74) is 0.0686. The molecule has 2 bridgehead atoms. The number of hydrogen-bond acceptors (Lipinski definition) is 3. The van der Waals surface area contributed by atoms with Crippen LogP contribution in [0.5, 0.6) is 0 Å². The first-order chi connectivity index (χ1) is 8.24. The van der Waals surface area contributed by atoms with Crippen molar-refractivity contribution in [3.8, 4) is 0 Å². The first-order valence-corrected chi connectivity index (χ1v) is 7.16. The van der Waals surface area contributed by atoms with Gasteiger partial charge in [0.05, 0.1) is 19.8 Å². The normalized spacial score (nSPS) is 37.0. The van der Waals surface area contributed by atoms with Gasteiger partial charge in [-0.15, -0.1) is 0 Å². The number of ether oxygens (including phenoxy) is 3. The van der Waals surface area contributed by atoms with Gasteiger partial charge in [-0.25, -0.2) is 0 Å². The van der Waals surface area contributed by atoms with E-state index in [9.17, 15) is 0 Å². The van der Waals surface area contributed by atoms with Crippen LogP contribution in [0.25, 0.3) is 0 Å². The third-order valence-electron chi connectivity index (χ3n) is 5.65. The van der Waals surface area contributed by atoms with Gasteiger partial charge in [0.2, 0.25) is 0 Å². The minimum absolute atomic E-state index is 0.00726. The van der Waals surface area contributed by atoms with Gasteiger partial charge in [0.25, 0.3) is 5.97 Å². The minimum atomic E-state index is -0.826. The van der Waals surface area contributed by atoms with Crippen molar-refractivity contribution in [3.63, 3.8) is 0 Å². The van der Waals surface area contributed by atoms with E-state index in [-0.39, 0.29) is 16.2 Å². The Morgan fingerprint density at radius 3 is 1.50 bits per heavy atom. The van der Waals surface area contributed by atoms with Crippen LogP contribution in [0.4, 0.5) is 0 Å². The van der Waals surface area contributed by atoms with Gasteiger partial charge in [0, 0.05) is 10.8 Å². The highest BCUT2D eigenvalue weighted by atomic mass is 16.9. The molecule has 0 aromatic heterocycles. The van der Waals surface area contributed by atoms with Gasteiger partial charge < -0.3 is 14.2 Å². The van der Waals surface area contributed by atoms with E-state index < -0.39 is 5.97 Å².